The van der Waals surface area contributed by atoms with Gasteiger partial charge in [-0.25, -0.2) is 13.2 Å². The van der Waals surface area contributed by atoms with Gasteiger partial charge in [0, 0.05) is 60.2 Å². The summed E-state index contributed by atoms with van der Waals surface area (Å²) in [6.07, 6.45) is 1.65. The van der Waals surface area contributed by atoms with E-state index in [1.54, 1.807) is 0 Å². The molecular formula is C27H27N3O9S. The first-order chi connectivity index (χ1) is 19.1. The molecule has 1 N–H and O–H groups in total. The number of hydrogen-bond donors (Lipinski definition) is 1. The third-order valence-electron chi connectivity index (χ3n) is 7.00. The molecule has 2 heterocycles. The lowest BCUT2D eigenvalue weighted by molar-refractivity contribution is -0.384. The van der Waals surface area contributed by atoms with Gasteiger partial charge in [0.15, 0.2) is 0 Å². The Bertz CT molecular complexity index is 1590. The number of nitro groups is 1. The Kier molecular flexibility index (Phi) is 8.45. The quantitative estimate of drug-likeness (QED) is 0.148. The van der Waals surface area contributed by atoms with Crippen molar-refractivity contribution >= 4 is 44.8 Å². The van der Waals surface area contributed by atoms with E-state index >= 15 is 0 Å². The van der Waals surface area contributed by atoms with Crippen LogP contribution in [0.15, 0.2) is 65.1 Å². The fourth-order valence-electron chi connectivity index (χ4n) is 5.06. The largest absolute Gasteiger partial charge is 0.468 e. The van der Waals surface area contributed by atoms with Crippen molar-refractivity contribution in [3.63, 3.8) is 0 Å². The summed E-state index contributed by atoms with van der Waals surface area (Å²) in [5.74, 6) is -3.47. The molecular weight excluding hydrogens is 542 g/mol. The lowest BCUT2D eigenvalue weighted by atomic mass is 9.80. The topological polar surface area (TPSA) is 166 Å². The van der Waals surface area contributed by atoms with Gasteiger partial charge in [-0.2, -0.15) is 4.31 Å². The van der Waals surface area contributed by atoms with E-state index in [-0.39, 0.29) is 42.1 Å². The lowest BCUT2D eigenvalue weighted by Crippen LogP contribution is -2.36. The molecule has 0 fully saturated rings. The third kappa shape index (κ3) is 5.51. The van der Waals surface area contributed by atoms with Crippen molar-refractivity contribution in [2.45, 2.75) is 23.7 Å². The Labute approximate surface area is 229 Å². The summed E-state index contributed by atoms with van der Waals surface area (Å²) >= 11 is 0. The number of non-ortho nitro benzene ring substituents is 1. The summed E-state index contributed by atoms with van der Waals surface area (Å²) in [7, 11) is -1.89. The van der Waals surface area contributed by atoms with E-state index in [4.69, 9.17) is 9.47 Å². The number of methoxy groups -OCH3 is 2. The number of carbonyl (C=O) groups is 3. The molecule has 1 aliphatic heterocycles. The normalized spacial score (nSPS) is 19.2. The summed E-state index contributed by atoms with van der Waals surface area (Å²) in [4.78, 5) is 51.1. The van der Waals surface area contributed by atoms with Gasteiger partial charge in [-0.1, -0.05) is 18.2 Å². The van der Waals surface area contributed by atoms with Crippen molar-refractivity contribution in [3.05, 3.63) is 81.6 Å². The Morgan fingerprint density at radius 1 is 1.12 bits per heavy atom. The molecule has 0 saturated heterocycles. The first kappa shape index (κ1) is 28.6. The first-order valence-corrected chi connectivity index (χ1v) is 13.7. The number of sulfonamides is 1. The van der Waals surface area contributed by atoms with Gasteiger partial charge in [0.25, 0.3) is 5.69 Å². The highest BCUT2D eigenvalue weighted by molar-refractivity contribution is 7.89. The Hall–Kier alpha value is -4.36. The monoisotopic (exact) mass is 569 g/mol. The maximum Gasteiger partial charge on any atom is 0.330 e. The lowest BCUT2D eigenvalue weighted by Gasteiger charge is -2.28. The maximum absolute atomic E-state index is 13.8. The number of H-pyrrole nitrogens is 1. The predicted octanol–water partition coefficient (Wildman–Crippen LogP) is 2.88. The van der Waals surface area contributed by atoms with Crippen LogP contribution < -0.4 is 0 Å². The molecule has 1 aliphatic rings. The number of para-hydroxylation sites is 1. The number of hydrogen-bond acceptors (Lipinski definition) is 9. The second-order valence-electron chi connectivity index (χ2n) is 9.15. The second kappa shape index (κ2) is 11.8. The molecule has 40 heavy (non-hydrogen) atoms. The van der Waals surface area contributed by atoms with Crippen molar-refractivity contribution in [1.29, 1.82) is 0 Å². The van der Waals surface area contributed by atoms with E-state index in [2.05, 4.69) is 4.98 Å². The number of aldehydes is 1. The van der Waals surface area contributed by atoms with Crippen molar-refractivity contribution in [2.75, 3.05) is 27.3 Å². The standard InChI is InChI=1S/C27H27N3O9S/c1-38-24(32)15-17-16-29(40(36,37)19-9-7-18(8-10-19)30(34)35)13-11-22-21-5-3-4-6-23(21)28-26(22)25(27(33)39-2)20(17)12-14-31/h3-10,14-15,20,25,28H,11-13,16H2,1-2H3/b17-15-/t20-,25+/m0/s1. The number of benzene rings is 2. The molecule has 0 bridgehead atoms. The number of aromatic amines is 1. The first-order valence-electron chi connectivity index (χ1n) is 12.3. The van der Waals surface area contributed by atoms with Gasteiger partial charge in [-0.3, -0.25) is 14.9 Å². The third-order valence-corrected chi connectivity index (χ3v) is 8.86. The van der Waals surface area contributed by atoms with Gasteiger partial charge in [-0.05, 0) is 35.8 Å². The molecule has 210 valence electrons. The SMILES string of the molecule is COC(=O)/C=C1/CN(S(=O)(=O)c2ccc([N+](=O)[O-])cc2)CCc2c([nH]c3ccccc23)[C@H](C(=O)OC)[C@H]1CC=O. The molecule has 0 saturated carbocycles. The van der Waals surface area contributed by atoms with Crippen LogP contribution in [0.2, 0.25) is 0 Å². The molecule has 0 amide bonds. The highest BCUT2D eigenvalue weighted by Crippen LogP contribution is 2.40. The van der Waals surface area contributed by atoms with E-state index in [1.807, 2.05) is 24.3 Å². The van der Waals surface area contributed by atoms with Crippen molar-refractivity contribution in [2.24, 2.45) is 5.92 Å². The number of nitrogens with zero attached hydrogens (tertiary/aromatic N) is 2. The minimum absolute atomic E-state index is 0.0611. The molecule has 2 aromatic carbocycles. The van der Waals surface area contributed by atoms with Crippen LogP contribution in [0, 0.1) is 16.0 Å². The second-order valence-corrected chi connectivity index (χ2v) is 11.1. The zero-order valence-corrected chi connectivity index (χ0v) is 22.6. The Balaban J connectivity index is 1.95. The zero-order chi connectivity index (χ0) is 29.0. The minimum atomic E-state index is -4.25. The number of rotatable bonds is 7. The molecule has 0 spiro atoms. The van der Waals surface area contributed by atoms with E-state index in [1.165, 1.54) is 7.11 Å². The zero-order valence-electron chi connectivity index (χ0n) is 21.7. The predicted molar refractivity (Wildman–Crippen MR) is 143 cm³/mol. The van der Waals surface area contributed by atoms with Crippen LogP contribution in [0.4, 0.5) is 5.69 Å². The van der Waals surface area contributed by atoms with Crippen LogP contribution in [0.3, 0.4) is 0 Å². The number of fused-ring (bicyclic) bond motifs is 3. The summed E-state index contributed by atoms with van der Waals surface area (Å²) in [5.41, 5.74) is 1.74. The van der Waals surface area contributed by atoms with E-state index in [0.29, 0.717) is 23.1 Å². The van der Waals surface area contributed by atoms with E-state index < -0.39 is 38.7 Å². The average molecular weight is 570 g/mol. The molecule has 0 unspecified atom stereocenters. The summed E-state index contributed by atoms with van der Waals surface area (Å²) in [6, 6.07) is 11.7. The summed E-state index contributed by atoms with van der Waals surface area (Å²) in [5, 5.41) is 11.9. The number of nitrogens with one attached hydrogen (secondary N) is 1. The van der Waals surface area contributed by atoms with E-state index in [9.17, 15) is 32.9 Å². The van der Waals surface area contributed by atoms with Crippen molar-refractivity contribution < 1.29 is 37.2 Å². The van der Waals surface area contributed by atoms with Gasteiger partial charge in [0.2, 0.25) is 10.0 Å². The Morgan fingerprint density at radius 2 is 1.82 bits per heavy atom. The smallest absolute Gasteiger partial charge is 0.330 e. The highest BCUT2D eigenvalue weighted by Gasteiger charge is 2.40. The van der Waals surface area contributed by atoms with Crippen molar-refractivity contribution in [1.82, 2.24) is 9.29 Å². The van der Waals surface area contributed by atoms with Gasteiger partial charge >= 0.3 is 11.9 Å². The molecule has 0 aliphatic carbocycles. The molecule has 2 atom stereocenters. The molecule has 12 nitrogen and oxygen atoms in total. The number of aromatic nitrogens is 1. The molecule has 4 rings (SSSR count). The minimum Gasteiger partial charge on any atom is -0.468 e. The summed E-state index contributed by atoms with van der Waals surface area (Å²) < 4.78 is 38.7. The maximum atomic E-state index is 13.8. The fourth-order valence-corrected chi connectivity index (χ4v) is 6.49. The van der Waals surface area contributed by atoms with Gasteiger partial charge in [0.05, 0.1) is 24.0 Å². The number of esters is 2. The van der Waals surface area contributed by atoms with Gasteiger partial charge in [-0.15, -0.1) is 0 Å². The van der Waals surface area contributed by atoms with Crippen LogP contribution in [-0.2, 0) is 40.3 Å². The van der Waals surface area contributed by atoms with Crippen LogP contribution in [0.1, 0.15) is 23.6 Å². The van der Waals surface area contributed by atoms with Crippen LogP contribution in [0.5, 0.6) is 0 Å². The highest BCUT2D eigenvalue weighted by atomic mass is 32.2. The number of nitro benzene ring substituents is 1. The van der Waals surface area contributed by atoms with Gasteiger partial charge < -0.3 is 19.3 Å². The molecule has 0 radical (unpaired) electrons. The summed E-state index contributed by atoms with van der Waals surface area (Å²) in [6.45, 7) is -0.406. The average Bonchev–Trinajstić information content (AvgIpc) is 3.33. The molecule has 1 aromatic heterocycles. The van der Waals surface area contributed by atoms with E-state index in [0.717, 1.165) is 47.1 Å². The van der Waals surface area contributed by atoms with Crippen LogP contribution in [0.25, 0.3) is 10.9 Å². The van der Waals surface area contributed by atoms with Crippen molar-refractivity contribution in [3.8, 4) is 0 Å². The fraction of sp³-hybridized carbons (Fsp3) is 0.296. The van der Waals surface area contributed by atoms with Gasteiger partial charge in [0.1, 0.15) is 12.2 Å². The van der Waals surface area contributed by atoms with Crippen LogP contribution >= 0.6 is 0 Å². The number of carbonyl (C=O) groups excluding carboxylic acids is 3. The Morgan fingerprint density at radius 3 is 2.45 bits per heavy atom. The molecule has 3 aromatic rings. The van der Waals surface area contributed by atoms with Crippen LogP contribution in [-0.4, -0.2) is 68.2 Å². The molecule has 13 heteroatoms. The number of ether oxygens (including phenoxy) is 2.